The lowest BCUT2D eigenvalue weighted by Gasteiger charge is -2.27. The molecule has 0 radical (unpaired) electrons. The van der Waals surface area contributed by atoms with Crippen LogP contribution in [0.15, 0.2) is 22.7 Å². The van der Waals surface area contributed by atoms with E-state index in [4.69, 9.17) is 5.73 Å². The number of nitrogens with two attached hydrogens (primary N) is 1. The maximum Gasteiger partial charge on any atom is 0.0380 e. The van der Waals surface area contributed by atoms with Crippen LogP contribution in [0, 0.1) is 0 Å². The minimum Gasteiger partial charge on any atom is -0.371 e. The molecule has 1 heterocycles. The molecular weight excluding hydrogens is 276 g/mol. The highest BCUT2D eigenvalue weighted by molar-refractivity contribution is 9.10. The molecule has 1 aliphatic heterocycles. The second kappa shape index (κ2) is 6.41. The average Bonchev–Trinajstić information content (AvgIpc) is 2.27. The molecule has 0 spiro atoms. The zero-order valence-corrected chi connectivity index (χ0v) is 11.9. The smallest absolute Gasteiger partial charge is 0.0380 e. The minimum absolute atomic E-state index is 0.611. The number of nitrogens with zero attached hydrogens (tertiary/aromatic N) is 1. The third-order valence-electron chi connectivity index (χ3n) is 3.40. The van der Waals surface area contributed by atoms with Gasteiger partial charge in [0.1, 0.15) is 0 Å². The number of hydrogen-bond acceptors (Lipinski definition) is 2. The molecule has 0 unspecified atom stereocenters. The summed E-state index contributed by atoms with van der Waals surface area (Å²) in [6.07, 6.45) is 6.76. The summed E-state index contributed by atoms with van der Waals surface area (Å²) in [6, 6.07) is 6.54. The minimum atomic E-state index is 0.611. The lowest BCUT2D eigenvalue weighted by Crippen LogP contribution is -2.27. The van der Waals surface area contributed by atoms with Gasteiger partial charge in [-0.05, 0) is 36.6 Å². The van der Waals surface area contributed by atoms with E-state index in [-0.39, 0.29) is 0 Å². The van der Waals surface area contributed by atoms with Crippen LogP contribution in [-0.4, -0.2) is 13.1 Å². The Morgan fingerprint density at radius 2 is 1.65 bits per heavy atom. The van der Waals surface area contributed by atoms with Crippen LogP contribution < -0.4 is 10.6 Å². The zero-order valence-electron chi connectivity index (χ0n) is 10.3. The highest BCUT2D eigenvalue weighted by Gasteiger charge is 2.10. The van der Waals surface area contributed by atoms with Crippen LogP contribution in [0.2, 0.25) is 0 Å². The summed E-state index contributed by atoms with van der Waals surface area (Å²) in [6.45, 7) is 2.97. The molecule has 0 atom stereocenters. The summed E-state index contributed by atoms with van der Waals surface area (Å²) < 4.78 is 1.14. The Labute approximate surface area is 112 Å². The fraction of sp³-hybridized carbons (Fsp3) is 0.571. The second-order valence-corrected chi connectivity index (χ2v) is 5.69. The van der Waals surface area contributed by atoms with Crippen LogP contribution in [0.1, 0.15) is 37.7 Å². The molecule has 3 heteroatoms. The molecule has 1 fully saturated rings. The molecule has 94 valence electrons. The van der Waals surface area contributed by atoms with Crippen molar-refractivity contribution in [2.24, 2.45) is 5.73 Å². The van der Waals surface area contributed by atoms with Crippen molar-refractivity contribution < 1.29 is 0 Å². The summed E-state index contributed by atoms with van der Waals surface area (Å²) in [7, 11) is 0. The van der Waals surface area contributed by atoms with Gasteiger partial charge in [-0.3, -0.25) is 0 Å². The Hall–Kier alpha value is -0.540. The summed E-state index contributed by atoms with van der Waals surface area (Å²) in [5.74, 6) is 0. The number of anilines is 1. The normalized spacial score (nSPS) is 17.6. The van der Waals surface area contributed by atoms with E-state index >= 15 is 0 Å². The molecule has 0 bridgehead atoms. The Bertz CT molecular complexity index is 357. The Balaban J connectivity index is 2.15. The van der Waals surface area contributed by atoms with Gasteiger partial charge >= 0.3 is 0 Å². The third-order valence-corrected chi connectivity index (χ3v) is 3.86. The molecule has 0 aliphatic carbocycles. The van der Waals surface area contributed by atoms with Gasteiger partial charge in [-0.1, -0.05) is 35.2 Å². The van der Waals surface area contributed by atoms with E-state index < -0.39 is 0 Å². The molecule has 0 aromatic heterocycles. The molecular formula is C14H21BrN2. The monoisotopic (exact) mass is 296 g/mol. The highest BCUT2D eigenvalue weighted by Crippen LogP contribution is 2.25. The Morgan fingerprint density at radius 3 is 2.29 bits per heavy atom. The van der Waals surface area contributed by atoms with Gasteiger partial charge in [0.05, 0.1) is 0 Å². The van der Waals surface area contributed by atoms with Crippen LogP contribution in [0.4, 0.5) is 5.69 Å². The van der Waals surface area contributed by atoms with Crippen LogP contribution in [0.3, 0.4) is 0 Å². The van der Waals surface area contributed by atoms with Gasteiger partial charge in [0.2, 0.25) is 0 Å². The maximum absolute atomic E-state index is 5.73. The van der Waals surface area contributed by atoms with E-state index in [2.05, 4.69) is 39.0 Å². The first-order chi connectivity index (χ1) is 8.29. The first kappa shape index (κ1) is 12.9. The van der Waals surface area contributed by atoms with E-state index in [1.165, 1.54) is 56.4 Å². The van der Waals surface area contributed by atoms with E-state index in [1.807, 2.05) is 0 Å². The van der Waals surface area contributed by atoms with Crippen molar-refractivity contribution in [3.8, 4) is 0 Å². The number of benzene rings is 1. The predicted molar refractivity (Wildman–Crippen MR) is 77.3 cm³/mol. The molecule has 2 nitrogen and oxygen atoms in total. The standard InChI is InChI=1S/C14H21BrN2/c15-13-8-12(11-16)9-14(10-13)17-6-4-2-1-3-5-7-17/h8-10H,1-7,11,16H2. The Morgan fingerprint density at radius 1 is 1.00 bits per heavy atom. The topological polar surface area (TPSA) is 29.3 Å². The summed E-state index contributed by atoms with van der Waals surface area (Å²) in [5, 5.41) is 0. The van der Waals surface area contributed by atoms with E-state index in [9.17, 15) is 0 Å². The molecule has 2 N–H and O–H groups in total. The molecule has 1 aromatic rings. The molecule has 17 heavy (non-hydrogen) atoms. The average molecular weight is 297 g/mol. The lowest BCUT2D eigenvalue weighted by atomic mass is 10.1. The van der Waals surface area contributed by atoms with E-state index in [0.717, 1.165) is 4.47 Å². The molecule has 1 aromatic carbocycles. The molecule has 2 rings (SSSR count). The van der Waals surface area contributed by atoms with E-state index in [0.29, 0.717) is 6.54 Å². The number of rotatable bonds is 2. The number of halogens is 1. The van der Waals surface area contributed by atoms with Crippen LogP contribution >= 0.6 is 15.9 Å². The van der Waals surface area contributed by atoms with Crippen LogP contribution in [0.5, 0.6) is 0 Å². The second-order valence-electron chi connectivity index (χ2n) is 4.78. The van der Waals surface area contributed by atoms with Gasteiger partial charge in [-0.15, -0.1) is 0 Å². The van der Waals surface area contributed by atoms with Gasteiger partial charge in [0.25, 0.3) is 0 Å². The quantitative estimate of drug-likeness (QED) is 0.902. The van der Waals surface area contributed by atoms with Crippen LogP contribution in [0.25, 0.3) is 0 Å². The van der Waals surface area contributed by atoms with Crippen molar-refractivity contribution in [2.75, 3.05) is 18.0 Å². The lowest BCUT2D eigenvalue weighted by molar-refractivity contribution is 0.556. The van der Waals surface area contributed by atoms with Crippen LogP contribution in [-0.2, 0) is 6.54 Å². The summed E-state index contributed by atoms with van der Waals surface area (Å²) >= 11 is 3.57. The number of hydrogen-bond donors (Lipinski definition) is 1. The fourth-order valence-electron chi connectivity index (χ4n) is 2.44. The summed E-state index contributed by atoms with van der Waals surface area (Å²) in [4.78, 5) is 2.50. The van der Waals surface area contributed by atoms with Crippen molar-refractivity contribution in [3.05, 3.63) is 28.2 Å². The molecule has 0 amide bonds. The molecule has 0 saturated carbocycles. The van der Waals surface area contributed by atoms with Crippen molar-refractivity contribution in [1.82, 2.24) is 0 Å². The maximum atomic E-state index is 5.73. The predicted octanol–water partition coefficient (Wildman–Crippen LogP) is 3.68. The third kappa shape index (κ3) is 3.71. The Kier molecular flexibility index (Phi) is 4.86. The van der Waals surface area contributed by atoms with Gasteiger partial charge in [0.15, 0.2) is 0 Å². The first-order valence-corrected chi connectivity index (χ1v) is 7.33. The largest absolute Gasteiger partial charge is 0.371 e. The van der Waals surface area contributed by atoms with Crippen molar-refractivity contribution in [1.29, 1.82) is 0 Å². The zero-order chi connectivity index (χ0) is 12.1. The molecule has 1 saturated heterocycles. The summed E-state index contributed by atoms with van der Waals surface area (Å²) in [5.41, 5.74) is 8.26. The van der Waals surface area contributed by atoms with Gasteiger partial charge in [-0.2, -0.15) is 0 Å². The SMILES string of the molecule is NCc1cc(Br)cc(N2CCCCCCC2)c1. The van der Waals surface area contributed by atoms with Crippen molar-refractivity contribution >= 4 is 21.6 Å². The fourth-order valence-corrected chi connectivity index (χ4v) is 2.97. The van der Waals surface area contributed by atoms with Gasteiger partial charge < -0.3 is 10.6 Å². The van der Waals surface area contributed by atoms with Gasteiger partial charge in [0, 0.05) is 29.8 Å². The van der Waals surface area contributed by atoms with Crippen molar-refractivity contribution in [3.63, 3.8) is 0 Å². The first-order valence-electron chi connectivity index (χ1n) is 6.54. The highest BCUT2D eigenvalue weighted by atomic mass is 79.9. The van der Waals surface area contributed by atoms with Crippen molar-refractivity contribution in [2.45, 2.75) is 38.6 Å². The van der Waals surface area contributed by atoms with Gasteiger partial charge in [-0.25, -0.2) is 0 Å². The van der Waals surface area contributed by atoms with E-state index in [1.54, 1.807) is 0 Å². The molecule has 1 aliphatic rings.